The molecule has 0 saturated carbocycles. The summed E-state index contributed by atoms with van der Waals surface area (Å²) in [5.74, 6) is -1.83. The lowest BCUT2D eigenvalue weighted by molar-refractivity contribution is -0.180. The van der Waals surface area contributed by atoms with Crippen molar-refractivity contribution in [2.24, 2.45) is 0 Å². The van der Waals surface area contributed by atoms with Gasteiger partial charge in [0.2, 0.25) is 6.23 Å². The molecular formula is C16H18N2O7S. The number of aliphatic hydroxyl groups is 1. The Morgan fingerprint density at radius 1 is 1.31 bits per heavy atom. The van der Waals surface area contributed by atoms with Crippen LogP contribution in [0.2, 0.25) is 0 Å². The molecule has 1 aliphatic rings. The van der Waals surface area contributed by atoms with E-state index in [2.05, 4.69) is 10.1 Å². The van der Waals surface area contributed by atoms with Crippen LogP contribution in [0.1, 0.15) is 6.92 Å². The molecule has 140 valence electrons. The molecule has 2 N–H and O–H groups in total. The monoisotopic (exact) mass is 382 g/mol. The minimum absolute atomic E-state index is 0.329. The van der Waals surface area contributed by atoms with E-state index in [1.165, 1.54) is 6.92 Å². The van der Waals surface area contributed by atoms with Gasteiger partial charge in [0.05, 0.1) is 7.11 Å². The zero-order valence-electron chi connectivity index (χ0n) is 14.1. The van der Waals surface area contributed by atoms with Crippen LogP contribution in [0.25, 0.3) is 0 Å². The number of thioether (sulfide) groups is 1. The molecule has 1 aromatic carbocycles. The van der Waals surface area contributed by atoms with Crippen LogP contribution >= 0.6 is 11.8 Å². The Labute approximate surface area is 153 Å². The number of ether oxygens (including phenoxy) is 2. The second kappa shape index (κ2) is 8.68. The zero-order valence-corrected chi connectivity index (χ0v) is 14.9. The van der Waals surface area contributed by atoms with Gasteiger partial charge in [-0.25, -0.2) is 4.79 Å². The third kappa shape index (κ3) is 4.52. The maximum Gasteiger partial charge on any atom is 0.356 e. The van der Waals surface area contributed by atoms with Gasteiger partial charge >= 0.3 is 5.97 Å². The molecule has 3 atom stereocenters. The molecular weight excluding hydrogens is 364 g/mol. The Balaban J connectivity index is 1.98. The van der Waals surface area contributed by atoms with Gasteiger partial charge in [0.25, 0.3) is 11.8 Å². The molecule has 0 spiro atoms. The van der Waals surface area contributed by atoms with Gasteiger partial charge < -0.3 is 19.9 Å². The van der Waals surface area contributed by atoms with Gasteiger partial charge in [-0.2, -0.15) is 0 Å². The lowest BCUT2D eigenvalue weighted by Crippen LogP contribution is -2.73. The smallest absolute Gasteiger partial charge is 0.356 e. The normalized spacial score (nSPS) is 20.0. The van der Waals surface area contributed by atoms with Gasteiger partial charge in [-0.1, -0.05) is 30.0 Å². The van der Waals surface area contributed by atoms with Gasteiger partial charge in [0.15, 0.2) is 11.7 Å². The Morgan fingerprint density at radius 2 is 1.96 bits per heavy atom. The summed E-state index contributed by atoms with van der Waals surface area (Å²) in [7, 11) is 1.06. The van der Waals surface area contributed by atoms with Crippen molar-refractivity contribution in [1.29, 1.82) is 0 Å². The molecule has 0 bridgehead atoms. The first kappa shape index (κ1) is 19.7. The van der Waals surface area contributed by atoms with E-state index >= 15 is 0 Å². The van der Waals surface area contributed by atoms with Gasteiger partial charge in [-0.15, -0.1) is 0 Å². The molecule has 2 rings (SSSR count). The van der Waals surface area contributed by atoms with Gasteiger partial charge in [0, 0.05) is 6.92 Å². The van der Waals surface area contributed by atoms with Crippen molar-refractivity contribution in [3.8, 4) is 5.75 Å². The van der Waals surface area contributed by atoms with Crippen molar-refractivity contribution in [2.75, 3.05) is 13.7 Å². The summed E-state index contributed by atoms with van der Waals surface area (Å²) in [6, 6.07) is 7.57. The second-order valence-corrected chi connectivity index (χ2v) is 6.58. The van der Waals surface area contributed by atoms with Gasteiger partial charge in [0.1, 0.15) is 17.2 Å². The third-order valence-electron chi connectivity index (χ3n) is 3.47. The van der Waals surface area contributed by atoms with Crippen molar-refractivity contribution in [3.05, 3.63) is 30.3 Å². The molecule has 0 aliphatic carbocycles. The standard InChI is InChI=1S/C16H18N2O7S/c1-9(19)26-15-12(13(21)18(15)14(22)16(23)24-2)17-11(20)8-25-10-6-4-3-5-7-10/h3-7,12,14-15,22H,8H2,1-2H3,(H,17,20)/t12-,14?,15-/m1/s1. The van der Waals surface area contributed by atoms with E-state index < -0.39 is 35.4 Å². The highest BCUT2D eigenvalue weighted by Gasteiger charge is 2.53. The van der Waals surface area contributed by atoms with E-state index in [1.54, 1.807) is 30.3 Å². The van der Waals surface area contributed by atoms with Crippen molar-refractivity contribution < 1.29 is 33.8 Å². The Hall–Kier alpha value is -2.59. The van der Waals surface area contributed by atoms with E-state index in [0.29, 0.717) is 17.5 Å². The molecule has 1 heterocycles. The first-order chi connectivity index (χ1) is 12.3. The molecule has 1 saturated heterocycles. The van der Waals surface area contributed by atoms with Crippen LogP contribution in [0.15, 0.2) is 30.3 Å². The average Bonchev–Trinajstić information content (AvgIpc) is 2.63. The van der Waals surface area contributed by atoms with E-state index in [4.69, 9.17) is 4.74 Å². The summed E-state index contributed by atoms with van der Waals surface area (Å²) in [4.78, 5) is 47.8. The first-order valence-corrected chi connectivity index (χ1v) is 8.45. The number of rotatable bonds is 7. The molecule has 0 aromatic heterocycles. The fourth-order valence-electron chi connectivity index (χ4n) is 2.27. The number of para-hydroxylation sites is 1. The molecule has 9 nitrogen and oxygen atoms in total. The number of β-lactam (4-membered cyclic amide) rings is 1. The van der Waals surface area contributed by atoms with Crippen molar-refractivity contribution >= 4 is 34.7 Å². The summed E-state index contributed by atoms with van der Waals surface area (Å²) < 4.78 is 9.67. The number of nitrogens with zero attached hydrogens (tertiary/aromatic N) is 1. The number of likely N-dealkylation sites (tertiary alicyclic amines) is 1. The highest BCUT2D eigenvalue weighted by atomic mass is 32.2. The molecule has 10 heteroatoms. The topological polar surface area (TPSA) is 122 Å². The van der Waals surface area contributed by atoms with Crippen LogP contribution < -0.4 is 10.1 Å². The van der Waals surface area contributed by atoms with Crippen LogP contribution in [-0.2, 0) is 23.9 Å². The summed E-state index contributed by atoms with van der Waals surface area (Å²) in [5.41, 5.74) is 0. The first-order valence-electron chi connectivity index (χ1n) is 7.57. The van der Waals surface area contributed by atoms with Crippen LogP contribution in [0.3, 0.4) is 0 Å². The quantitative estimate of drug-likeness (QED) is 0.478. The van der Waals surface area contributed by atoms with Crippen LogP contribution in [0.4, 0.5) is 0 Å². The van der Waals surface area contributed by atoms with E-state index in [1.807, 2.05) is 0 Å². The van der Waals surface area contributed by atoms with Crippen molar-refractivity contribution in [1.82, 2.24) is 10.2 Å². The van der Waals surface area contributed by atoms with Gasteiger partial charge in [-0.05, 0) is 12.1 Å². The minimum atomic E-state index is -1.85. The maximum atomic E-state index is 12.2. The average molecular weight is 382 g/mol. The number of carbonyl (C=O) groups is 4. The SMILES string of the molecule is COC(=O)C(O)N1C(=O)[C@@H](NC(=O)COc2ccccc2)[C@H]1SC(C)=O. The Morgan fingerprint density at radius 3 is 2.54 bits per heavy atom. The fraction of sp³-hybridized carbons (Fsp3) is 0.375. The maximum absolute atomic E-state index is 12.2. The third-order valence-corrected chi connectivity index (χ3v) is 4.54. The summed E-state index contributed by atoms with van der Waals surface area (Å²) >= 11 is 0.717. The lowest BCUT2D eigenvalue weighted by atomic mass is 10.1. The summed E-state index contributed by atoms with van der Waals surface area (Å²) in [5, 5.41) is 11.0. The highest BCUT2D eigenvalue weighted by molar-refractivity contribution is 8.14. The second-order valence-electron chi connectivity index (χ2n) is 5.29. The van der Waals surface area contributed by atoms with Crippen molar-refractivity contribution in [3.63, 3.8) is 0 Å². The van der Waals surface area contributed by atoms with Crippen LogP contribution in [-0.4, -0.2) is 64.3 Å². The predicted octanol–water partition coefficient (Wildman–Crippen LogP) is -0.510. The number of nitrogens with one attached hydrogen (secondary N) is 1. The highest BCUT2D eigenvalue weighted by Crippen LogP contribution is 2.32. The largest absolute Gasteiger partial charge is 0.484 e. The number of methoxy groups -OCH3 is 1. The van der Waals surface area contributed by atoms with Crippen molar-refractivity contribution in [2.45, 2.75) is 24.6 Å². The molecule has 1 fully saturated rings. The van der Waals surface area contributed by atoms with Gasteiger partial charge in [-0.3, -0.25) is 19.3 Å². The Bertz CT molecular complexity index is 697. The molecule has 0 radical (unpaired) electrons. The van der Waals surface area contributed by atoms with Crippen LogP contribution in [0.5, 0.6) is 5.75 Å². The van der Waals surface area contributed by atoms with E-state index in [0.717, 1.165) is 12.0 Å². The number of aliphatic hydroxyl groups excluding tert-OH is 1. The predicted molar refractivity (Wildman–Crippen MR) is 90.8 cm³/mol. The number of hydrogen-bond acceptors (Lipinski definition) is 8. The van der Waals surface area contributed by atoms with E-state index in [9.17, 15) is 24.3 Å². The van der Waals surface area contributed by atoms with Crippen LogP contribution in [0, 0.1) is 0 Å². The summed E-state index contributed by atoms with van der Waals surface area (Å²) in [6.45, 7) is 0.943. The molecule has 26 heavy (non-hydrogen) atoms. The molecule has 1 aliphatic heterocycles. The number of carbonyl (C=O) groups excluding carboxylic acids is 4. The fourth-order valence-corrected chi connectivity index (χ4v) is 3.27. The lowest BCUT2D eigenvalue weighted by Gasteiger charge is -2.47. The number of esters is 1. The number of amides is 2. The molecule has 1 unspecified atom stereocenters. The Kier molecular flexibility index (Phi) is 6.58. The zero-order chi connectivity index (χ0) is 19.3. The molecule has 1 aromatic rings. The van der Waals surface area contributed by atoms with E-state index in [-0.39, 0.29) is 11.7 Å². The summed E-state index contributed by atoms with van der Waals surface area (Å²) in [6.07, 6.45) is -1.85. The minimum Gasteiger partial charge on any atom is -0.484 e. The number of hydrogen-bond donors (Lipinski definition) is 2. The number of benzene rings is 1. The molecule has 2 amide bonds.